The van der Waals surface area contributed by atoms with Crippen LogP contribution in [0.25, 0.3) is 0 Å². The zero-order valence-corrected chi connectivity index (χ0v) is 50.0. The van der Waals surface area contributed by atoms with Gasteiger partial charge in [0.05, 0.1) is 0 Å². The number of carbonyl (C=O) groups excluding carboxylic acids is 3. The topological polar surface area (TPSA) is 78.9 Å². The normalized spacial score (nSPS) is 12.7. The molecular formula is C70H120O6. The lowest BCUT2D eigenvalue weighted by Gasteiger charge is -2.18. The van der Waals surface area contributed by atoms with Crippen molar-refractivity contribution >= 4 is 17.9 Å². The molecule has 0 aromatic rings. The summed E-state index contributed by atoms with van der Waals surface area (Å²) < 4.78 is 16.9. The van der Waals surface area contributed by atoms with Crippen molar-refractivity contribution in [1.29, 1.82) is 0 Å². The molecule has 0 saturated carbocycles. The van der Waals surface area contributed by atoms with Gasteiger partial charge >= 0.3 is 17.9 Å². The molecule has 0 heterocycles. The number of hydrogen-bond donors (Lipinski definition) is 0. The second-order valence-electron chi connectivity index (χ2n) is 21.3. The summed E-state index contributed by atoms with van der Waals surface area (Å²) in [5.41, 5.74) is 0. The minimum atomic E-state index is -0.786. The molecule has 1 atom stereocenters. The number of carbonyl (C=O) groups is 3. The molecule has 0 fully saturated rings. The lowest BCUT2D eigenvalue weighted by atomic mass is 10.0. The molecule has 0 spiro atoms. The zero-order chi connectivity index (χ0) is 55.0. The molecule has 6 heteroatoms. The highest BCUT2D eigenvalue weighted by atomic mass is 16.6. The molecule has 0 N–H and O–H groups in total. The van der Waals surface area contributed by atoms with E-state index in [9.17, 15) is 14.4 Å². The van der Waals surface area contributed by atoms with Crippen LogP contribution >= 0.6 is 0 Å². The van der Waals surface area contributed by atoms with Gasteiger partial charge in [-0.1, -0.05) is 304 Å². The van der Waals surface area contributed by atoms with Gasteiger partial charge < -0.3 is 14.2 Å². The fraction of sp³-hybridized carbons (Fsp3) is 0.729. The zero-order valence-electron chi connectivity index (χ0n) is 50.0. The summed E-state index contributed by atoms with van der Waals surface area (Å²) in [6, 6.07) is 0. The third-order valence-corrected chi connectivity index (χ3v) is 13.9. The molecule has 0 saturated heterocycles. The minimum Gasteiger partial charge on any atom is -0.462 e. The third-order valence-electron chi connectivity index (χ3n) is 13.9. The molecule has 0 bridgehead atoms. The molecule has 0 aromatic heterocycles. The van der Waals surface area contributed by atoms with Crippen molar-refractivity contribution in [1.82, 2.24) is 0 Å². The Balaban J connectivity index is 4.34. The van der Waals surface area contributed by atoms with Gasteiger partial charge in [0, 0.05) is 19.3 Å². The van der Waals surface area contributed by atoms with Gasteiger partial charge in [0.1, 0.15) is 13.2 Å². The molecule has 76 heavy (non-hydrogen) atoms. The number of ether oxygens (including phenoxy) is 3. The summed E-state index contributed by atoms with van der Waals surface area (Å²) in [6.07, 6.45) is 85.5. The highest BCUT2D eigenvalue weighted by molar-refractivity contribution is 5.71. The van der Waals surface area contributed by atoms with Gasteiger partial charge in [0.2, 0.25) is 0 Å². The van der Waals surface area contributed by atoms with Gasteiger partial charge in [0.15, 0.2) is 6.10 Å². The molecule has 0 aliphatic rings. The fourth-order valence-corrected chi connectivity index (χ4v) is 9.05. The Morgan fingerprint density at radius 2 is 0.513 bits per heavy atom. The predicted octanol–water partition coefficient (Wildman–Crippen LogP) is 22.0. The van der Waals surface area contributed by atoms with E-state index in [1.807, 2.05) is 0 Å². The van der Waals surface area contributed by atoms with Crippen LogP contribution in [0.3, 0.4) is 0 Å². The maximum atomic E-state index is 12.9. The monoisotopic (exact) mass is 1060 g/mol. The van der Waals surface area contributed by atoms with E-state index in [4.69, 9.17) is 14.2 Å². The second-order valence-corrected chi connectivity index (χ2v) is 21.3. The van der Waals surface area contributed by atoms with Crippen molar-refractivity contribution in [2.24, 2.45) is 0 Å². The first-order valence-corrected chi connectivity index (χ1v) is 32.2. The predicted molar refractivity (Wildman–Crippen MR) is 330 cm³/mol. The molecule has 0 rings (SSSR count). The quantitative estimate of drug-likeness (QED) is 0.0261. The number of unbranched alkanes of at least 4 members (excludes halogenated alkanes) is 31. The summed E-state index contributed by atoms with van der Waals surface area (Å²) in [7, 11) is 0. The lowest BCUT2D eigenvalue weighted by Crippen LogP contribution is -2.30. The Morgan fingerprint density at radius 1 is 0.276 bits per heavy atom. The van der Waals surface area contributed by atoms with Gasteiger partial charge in [-0.2, -0.15) is 0 Å². The average Bonchev–Trinajstić information content (AvgIpc) is 3.42. The highest BCUT2D eigenvalue weighted by Crippen LogP contribution is 2.17. The summed E-state index contributed by atoms with van der Waals surface area (Å²) in [5.74, 6) is -0.895. The third kappa shape index (κ3) is 61.2. The van der Waals surface area contributed by atoms with Crippen LogP contribution in [0, 0.1) is 0 Å². The number of hydrogen-bond acceptors (Lipinski definition) is 6. The van der Waals surface area contributed by atoms with Crippen LogP contribution in [0.15, 0.2) is 97.2 Å². The first-order chi connectivity index (χ1) is 37.5. The summed E-state index contributed by atoms with van der Waals surface area (Å²) in [6.45, 7) is 6.53. The average molecular weight is 1060 g/mol. The molecule has 0 amide bonds. The summed E-state index contributed by atoms with van der Waals surface area (Å²) in [5, 5.41) is 0. The fourth-order valence-electron chi connectivity index (χ4n) is 9.05. The van der Waals surface area contributed by atoms with E-state index < -0.39 is 6.10 Å². The first-order valence-electron chi connectivity index (χ1n) is 32.2. The van der Waals surface area contributed by atoms with Crippen LogP contribution in [0.2, 0.25) is 0 Å². The van der Waals surface area contributed by atoms with Crippen LogP contribution in [0.1, 0.15) is 310 Å². The molecule has 0 radical (unpaired) electrons. The smallest absolute Gasteiger partial charge is 0.306 e. The Labute approximate surface area is 470 Å². The van der Waals surface area contributed by atoms with E-state index in [0.717, 1.165) is 122 Å². The number of esters is 3. The van der Waals surface area contributed by atoms with Gasteiger partial charge in [-0.15, -0.1) is 0 Å². The molecule has 0 aliphatic carbocycles. The van der Waals surface area contributed by atoms with E-state index >= 15 is 0 Å². The molecule has 0 aliphatic heterocycles. The van der Waals surface area contributed by atoms with E-state index in [2.05, 4.69) is 118 Å². The van der Waals surface area contributed by atoms with Gasteiger partial charge in [0.25, 0.3) is 0 Å². The van der Waals surface area contributed by atoms with Crippen molar-refractivity contribution < 1.29 is 28.6 Å². The van der Waals surface area contributed by atoms with Crippen LogP contribution in [-0.2, 0) is 28.6 Å². The van der Waals surface area contributed by atoms with E-state index in [1.165, 1.54) is 148 Å². The summed E-state index contributed by atoms with van der Waals surface area (Å²) in [4.78, 5) is 38.3. The Hall–Kier alpha value is -3.67. The first kappa shape index (κ1) is 72.3. The largest absolute Gasteiger partial charge is 0.462 e. The van der Waals surface area contributed by atoms with Gasteiger partial charge in [-0.3, -0.25) is 14.4 Å². The highest BCUT2D eigenvalue weighted by Gasteiger charge is 2.19. The van der Waals surface area contributed by atoms with E-state index in [-0.39, 0.29) is 31.1 Å². The van der Waals surface area contributed by atoms with Crippen molar-refractivity contribution in [2.45, 2.75) is 316 Å². The van der Waals surface area contributed by atoms with Crippen LogP contribution in [-0.4, -0.2) is 37.2 Å². The van der Waals surface area contributed by atoms with Gasteiger partial charge in [-0.05, 0) is 83.5 Å². The van der Waals surface area contributed by atoms with Crippen LogP contribution in [0.5, 0.6) is 0 Å². The molecule has 436 valence electrons. The van der Waals surface area contributed by atoms with Gasteiger partial charge in [-0.25, -0.2) is 0 Å². The number of allylic oxidation sites excluding steroid dienone is 16. The minimum absolute atomic E-state index is 0.0814. The Kier molecular flexibility index (Phi) is 60.8. The van der Waals surface area contributed by atoms with Crippen LogP contribution < -0.4 is 0 Å². The second kappa shape index (κ2) is 63.9. The maximum absolute atomic E-state index is 12.9. The molecule has 0 aromatic carbocycles. The van der Waals surface area contributed by atoms with Crippen molar-refractivity contribution in [3.05, 3.63) is 97.2 Å². The standard InChI is InChI=1S/C70H120O6/c1-4-7-10-13-16-19-22-25-27-29-30-31-32-33-34-35-36-37-38-39-40-42-43-45-48-51-54-57-60-63-69(72)75-66-67(65-74-68(71)62-59-56-53-50-47-24-21-18-15-12-9-6-3)76-70(73)64-61-58-55-52-49-46-44-41-28-26-23-20-17-14-11-8-5-2/h7,10,16,19,25,27,30-31,33-34,36-37,39-40,43,45,67H,4-6,8-9,11-15,17-18,20-24,26,28-29,32,35,38,41-42,44,46-66H2,1-3H3/b10-7-,19-16-,27-25-,31-30-,34-33-,37-36-,40-39-,45-43-. The summed E-state index contributed by atoms with van der Waals surface area (Å²) >= 11 is 0. The van der Waals surface area contributed by atoms with Crippen LogP contribution in [0.4, 0.5) is 0 Å². The van der Waals surface area contributed by atoms with Crippen molar-refractivity contribution in [3.8, 4) is 0 Å². The molecule has 6 nitrogen and oxygen atoms in total. The molecular weight excluding hydrogens is 937 g/mol. The van der Waals surface area contributed by atoms with E-state index in [1.54, 1.807) is 0 Å². The molecule has 1 unspecified atom stereocenters. The van der Waals surface area contributed by atoms with E-state index in [0.29, 0.717) is 19.3 Å². The van der Waals surface area contributed by atoms with Crippen molar-refractivity contribution in [3.63, 3.8) is 0 Å². The lowest BCUT2D eigenvalue weighted by molar-refractivity contribution is -0.167. The SMILES string of the molecule is CC/C=C\C/C=C\C/C=C\C/C=C\C/C=C\C/C=C\C/C=C\C/C=C\CCCCCCC(=O)OCC(COC(=O)CCCCCCCCCCCCCC)OC(=O)CCCCCCCCCCCCCCCCCCC. The van der Waals surface area contributed by atoms with Crippen molar-refractivity contribution in [2.75, 3.05) is 13.2 Å². The Bertz CT molecular complexity index is 1490. The Morgan fingerprint density at radius 3 is 0.803 bits per heavy atom. The number of rotatable bonds is 58. The maximum Gasteiger partial charge on any atom is 0.306 e.